The lowest BCUT2D eigenvalue weighted by molar-refractivity contribution is -0.110. The summed E-state index contributed by atoms with van der Waals surface area (Å²) in [5, 5.41) is 8.81. The summed E-state index contributed by atoms with van der Waals surface area (Å²) in [5.74, 6) is 0.850. The molecule has 0 aliphatic rings. The lowest BCUT2D eigenvalue weighted by atomic mass is 10.2. The van der Waals surface area contributed by atoms with E-state index in [-0.39, 0.29) is 4.90 Å². The number of benzene rings is 3. The van der Waals surface area contributed by atoms with Gasteiger partial charge >= 0.3 is 0 Å². The van der Waals surface area contributed by atoms with Crippen LogP contribution < -0.4 is 16.5 Å². The highest BCUT2D eigenvalue weighted by Crippen LogP contribution is 2.18. The van der Waals surface area contributed by atoms with Crippen LogP contribution in [0.4, 0.5) is 11.4 Å². The summed E-state index contributed by atoms with van der Waals surface area (Å²) >= 11 is 1.46. The van der Waals surface area contributed by atoms with Gasteiger partial charge < -0.3 is 9.87 Å². The maximum absolute atomic E-state index is 10.7. The molecule has 146 valence electrons. The van der Waals surface area contributed by atoms with Crippen LogP contribution in [-0.4, -0.2) is 18.1 Å². The van der Waals surface area contributed by atoms with E-state index in [1.54, 1.807) is 12.1 Å². The lowest BCUT2D eigenvalue weighted by Gasteiger charge is -2.09. The Morgan fingerprint density at radius 3 is 1.89 bits per heavy atom. The molecule has 3 rings (SSSR count). The molecule has 3 aromatic rings. The van der Waals surface area contributed by atoms with Crippen LogP contribution >= 0.6 is 11.8 Å². The lowest BCUT2D eigenvalue weighted by Crippen LogP contribution is -2.43. The van der Waals surface area contributed by atoms with Crippen LogP contribution in [0.3, 0.4) is 0 Å². The van der Waals surface area contributed by atoms with E-state index in [0.717, 1.165) is 17.1 Å². The Morgan fingerprint density at radius 1 is 0.893 bits per heavy atom. The van der Waals surface area contributed by atoms with Crippen LogP contribution in [0.15, 0.2) is 89.8 Å². The van der Waals surface area contributed by atoms with Crippen LogP contribution in [0.2, 0.25) is 0 Å². The zero-order chi connectivity index (χ0) is 20.4. The number of rotatable bonds is 5. The van der Waals surface area contributed by atoms with Crippen molar-refractivity contribution in [1.29, 1.82) is 0 Å². The average Bonchev–Trinajstić information content (AvgIpc) is 2.68. The van der Waals surface area contributed by atoms with Crippen molar-refractivity contribution in [3.05, 3.63) is 90.5 Å². The molecule has 5 N–H and O–H groups in total. The Balaban J connectivity index is 0.000000221. The molecule has 0 spiro atoms. The maximum Gasteiger partial charge on any atom is 0.300 e. The molecule has 28 heavy (non-hydrogen) atoms. The molecular weight excluding hydrogens is 394 g/mol. The van der Waals surface area contributed by atoms with E-state index >= 15 is 0 Å². The van der Waals surface area contributed by atoms with Gasteiger partial charge in [-0.2, -0.15) is 0 Å². The SMILES string of the molecule is NC(=[NH2+])SCc1ccccc1.O=S(=O)([O-])c1ccc(Nc2ccccc2)cc1. The molecule has 0 heterocycles. The summed E-state index contributed by atoms with van der Waals surface area (Å²) < 4.78 is 32.2. The van der Waals surface area contributed by atoms with Crippen molar-refractivity contribution in [2.24, 2.45) is 5.73 Å². The minimum atomic E-state index is -4.37. The molecule has 0 bridgehead atoms. The summed E-state index contributed by atoms with van der Waals surface area (Å²) in [5.41, 5.74) is 8.16. The van der Waals surface area contributed by atoms with E-state index in [0.29, 0.717) is 5.17 Å². The van der Waals surface area contributed by atoms with Gasteiger partial charge in [0.05, 0.1) is 4.90 Å². The molecule has 0 atom stereocenters. The highest BCUT2D eigenvalue weighted by Gasteiger charge is 2.00. The van der Waals surface area contributed by atoms with Gasteiger partial charge in [-0.05, 0) is 53.7 Å². The number of nitrogens with one attached hydrogen (secondary N) is 1. The number of thioether (sulfide) groups is 1. The topological polar surface area (TPSA) is 121 Å². The van der Waals surface area contributed by atoms with Crippen LogP contribution in [0, 0.1) is 0 Å². The Hall–Kier alpha value is -2.81. The van der Waals surface area contributed by atoms with E-state index in [2.05, 4.69) is 17.4 Å². The summed E-state index contributed by atoms with van der Waals surface area (Å²) in [6.45, 7) is 0. The zero-order valence-corrected chi connectivity index (χ0v) is 16.6. The first kappa shape index (κ1) is 21.5. The predicted octanol–water partition coefficient (Wildman–Crippen LogP) is 2.33. The second-order valence-electron chi connectivity index (χ2n) is 5.65. The number of hydrogen-bond acceptors (Lipinski definition) is 5. The third-order valence-electron chi connectivity index (χ3n) is 3.45. The molecule has 0 amide bonds. The maximum atomic E-state index is 10.7. The number of nitrogens with two attached hydrogens (primary N) is 2. The molecular formula is C20H21N3O3S2. The number of para-hydroxylation sites is 1. The van der Waals surface area contributed by atoms with Crippen LogP contribution in [0.5, 0.6) is 0 Å². The van der Waals surface area contributed by atoms with Crippen LogP contribution in [0.25, 0.3) is 0 Å². The summed E-state index contributed by atoms with van der Waals surface area (Å²) in [6, 6.07) is 25.2. The Bertz CT molecular complexity index is 978. The van der Waals surface area contributed by atoms with Gasteiger partial charge in [0.2, 0.25) is 0 Å². The van der Waals surface area contributed by atoms with Crippen LogP contribution in [0.1, 0.15) is 5.56 Å². The van der Waals surface area contributed by atoms with Crippen molar-refractivity contribution in [3.63, 3.8) is 0 Å². The van der Waals surface area contributed by atoms with E-state index in [1.807, 2.05) is 48.5 Å². The first-order valence-corrected chi connectivity index (χ1v) is 10.7. The highest BCUT2D eigenvalue weighted by molar-refractivity contribution is 8.12. The second-order valence-corrected chi connectivity index (χ2v) is 8.07. The van der Waals surface area contributed by atoms with Gasteiger partial charge in [0.15, 0.2) is 0 Å². The second kappa shape index (κ2) is 10.5. The Kier molecular flexibility index (Phi) is 8.06. The molecule has 0 radical (unpaired) electrons. The molecule has 0 aliphatic heterocycles. The van der Waals surface area contributed by atoms with E-state index in [1.165, 1.54) is 29.5 Å². The molecule has 0 unspecified atom stereocenters. The molecule has 8 heteroatoms. The molecule has 3 aromatic carbocycles. The molecule has 0 aliphatic carbocycles. The highest BCUT2D eigenvalue weighted by atomic mass is 32.2. The van der Waals surface area contributed by atoms with Gasteiger partial charge in [-0.25, -0.2) is 8.42 Å². The standard InChI is InChI=1S/C12H11NO3S.C8H10N2S/c14-17(15,16)12-8-6-11(7-9-12)13-10-4-2-1-3-5-10;9-8(10)11-6-7-4-2-1-3-5-7/h1-9,13H,(H,14,15,16);1-5H,6H2,(H3,9,10). The van der Waals surface area contributed by atoms with E-state index in [4.69, 9.17) is 11.1 Å². The van der Waals surface area contributed by atoms with Crippen LogP contribution in [-0.2, 0) is 15.9 Å². The first-order valence-electron chi connectivity index (χ1n) is 8.27. The van der Waals surface area contributed by atoms with Gasteiger partial charge in [-0.3, -0.25) is 11.1 Å². The quantitative estimate of drug-likeness (QED) is 0.334. The fourth-order valence-electron chi connectivity index (χ4n) is 2.13. The summed E-state index contributed by atoms with van der Waals surface area (Å²) in [6.07, 6.45) is 0. The van der Waals surface area contributed by atoms with Gasteiger partial charge in [0.1, 0.15) is 10.1 Å². The third-order valence-corrected chi connectivity index (χ3v) is 5.11. The number of anilines is 2. The Labute approximate surface area is 169 Å². The van der Waals surface area contributed by atoms with Crippen molar-refractivity contribution >= 4 is 38.4 Å². The fraction of sp³-hybridized carbons (Fsp3) is 0.0500. The fourth-order valence-corrected chi connectivity index (χ4v) is 3.13. The van der Waals surface area contributed by atoms with Gasteiger partial charge in [0, 0.05) is 17.1 Å². The van der Waals surface area contributed by atoms with Crippen molar-refractivity contribution in [3.8, 4) is 0 Å². The van der Waals surface area contributed by atoms with Crippen molar-refractivity contribution in [2.45, 2.75) is 10.6 Å². The minimum absolute atomic E-state index is 0.226. The summed E-state index contributed by atoms with van der Waals surface area (Å²) in [4.78, 5) is -0.226. The largest absolute Gasteiger partial charge is 0.744 e. The normalized spacial score (nSPS) is 10.5. The molecule has 0 aromatic heterocycles. The van der Waals surface area contributed by atoms with Gasteiger partial charge in [0.25, 0.3) is 5.17 Å². The first-order chi connectivity index (χ1) is 13.3. The predicted molar refractivity (Wildman–Crippen MR) is 113 cm³/mol. The smallest absolute Gasteiger partial charge is 0.300 e. The van der Waals surface area contributed by atoms with E-state index < -0.39 is 10.1 Å². The Morgan fingerprint density at radius 2 is 1.39 bits per heavy atom. The monoisotopic (exact) mass is 415 g/mol. The summed E-state index contributed by atoms with van der Waals surface area (Å²) in [7, 11) is -4.37. The van der Waals surface area contributed by atoms with Gasteiger partial charge in [-0.15, -0.1) is 0 Å². The molecule has 0 saturated heterocycles. The molecule has 0 fully saturated rings. The zero-order valence-electron chi connectivity index (χ0n) is 15.0. The molecule has 0 saturated carbocycles. The van der Waals surface area contributed by atoms with Crippen molar-refractivity contribution in [2.75, 3.05) is 5.32 Å². The average molecular weight is 416 g/mol. The van der Waals surface area contributed by atoms with E-state index in [9.17, 15) is 13.0 Å². The third kappa shape index (κ3) is 7.83. The number of hydrogen-bond donors (Lipinski definition) is 3. The van der Waals surface area contributed by atoms with Gasteiger partial charge in [-0.1, -0.05) is 48.5 Å². The van der Waals surface area contributed by atoms with Crippen molar-refractivity contribution in [1.82, 2.24) is 0 Å². The number of amidine groups is 1. The molecule has 6 nitrogen and oxygen atoms in total. The van der Waals surface area contributed by atoms with Crippen molar-refractivity contribution < 1.29 is 18.4 Å². The minimum Gasteiger partial charge on any atom is -0.744 e.